The van der Waals surface area contributed by atoms with Crippen molar-refractivity contribution in [2.75, 3.05) is 11.9 Å². The lowest BCUT2D eigenvalue weighted by atomic mass is 10.0. The highest BCUT2D eigenvalue weighted by molar-refractivity contribution is 5.98. The van der Waals surface area contributed by atoms with Gasteiger partial charge in [0.15, 0.2) is 0 Å². The van der Waals surface area contributed by atoms with E-state index in [2.05, 4.69) is 21.3 Å². The van der Waals surface area contributed by atoms with Crippen molar-refractivity contribution in [3.63, 3.8) is 0 Å². The Hall–Kier alpha value is -3.63. The van der Waals surface area contributed by atoms with E-state index in [9.17, 15) is 24.0 Å². The van der Waals surface area contributed by atoms with Gasteiger partial charge in [-0.2, -0.15) is 0 Å². The smallest absolute Gasteiger partial charge is 0.312 e. The Labute approximate surface area is 212 Å². The molecular formula is C25H39N5O6. The van der Waals surface area contributed by atoms with Gasteiger partial charge >= 0.3 is 12.0 Å². The van der Waals surface area contributed by atoms with E-state index in [-0.39, 0.29) is 43.3 Å². The molecule has 1 rings (SSSR count). The van der Waals surface area contributed by atoms with Crippen LogP contribution in [0.4, 0.5) is 10.5 Å². The van der Waals surface area contributed by atoms with Crippen molar-refractivity contribution in [2.45, 2.75) is 72.6 Å². The summed E-state index contributed by atoms with van der Waals surface area (Å²) >= 11 is 0. The maximum absolute atomic E-state index is 13.0. The number of nitrogens with two attached hydrogens (primary N) is 1. The molecule has 0 heterocycles. The molecule has 0 aromatic heterocycles. The summed E-state index contributed by atoms with van der Waals surface area (Å²) in [4.78, 5) is 60.1. The molecule has 6 N–H and O–H groups in total. The second kappa shape index (κ2) is 15.4. The first-order chi connectivity index (χ1) is 16.9. The molecule has 0 aliphatic rings. The van der Waals surface area contributed by atoms with Crippen LogP contribution >= 0.6 is 0 Å². The van der Waals surface area contributed by atoms with Gasteiger partial charge in [0, 0.05) is 19.2 Å². The number of nitrogens with one attached hydrogen (secondary N) is 4. The SMILES string of the molecule is CCC(C)C(=O)OCc1ccc(NC(=O)[C@H](CCCNC(N)=O)NC(=O)[C@@H](NC(C)=O)C(C)C)cc1. The number of carbonyl (C=O) groups is 5. The lowest BCUT2D eigenvalue weighted by Gasteiger charge is -2.25. The maximum Gasteiger partial charge on any atom is 0.312 e. The molecule has 0 aliphatic carbocycles. The Morgan fingerprint density at radius 3 is 2.14 bits per heavy atom. The minimum atomic E-state index is -0.918. The summed E-state index contributed by atoms with van der Waals surface area (Å²) in [6.45, 7) is 8.97. The first kappa shape index (κ1) is 30.4. The topological polar surface area (TPSA) is 169 Å². The first-order valence-electron chi connectivity index (χ1n) is 12.1. The molecule has 1 aromatic carbocycles. The van der Waals surface area contributed by atoms with Crippen LogP contribution in [0.3, 0.4) is 0 Å². The van der Waals surface area contributed by atoms with Crippen molar-refractivity contribution in [3.8, 4) is 0 Å². The average molecular weight is 506 g/mol. The molecule has 11 nitrogen and oxygen atoms in total. The summed E-state index contributed by atoms with van der Waals surface area (Å²) in [7, 11) is 0. The highest BCUT2D eigenvalue weighted by Crippen LogP contribution is 2.14. The van der Waals surface area contributed by atoms with Crippen molar-refractivity contribution in [1.29, 1.82) is 0 Å². The third-order valence-electron chi connectivity index (χ3n) is 5.53. The molecule has 0 saturated heterocycles. The van der Waals surface area contributed by atoms with Crippen LogP contribution in [-0.2, 0) is 30.5 Å². The zero-order chi connectivity index (χ0) is 27.3. The molecule has 0 radical (unpaired) electrons. The number of hydrogen-bond donors (Lipinski definition) is 5. The predicted molar refractivity (Wildman–Crippen MR) is 136 cm³/mol. The Kier molecular flexibility index (Phi) is 13.0. The van der Waals surface area contributed by atoms with Crippen LogP contribution in [-0.4, -0.2) is 48.4 Å². The van der Waals surface area contributed by atoms with E-state index in [1.165, 1.54) is 6.92 Å². The normalized spacial score (nSPS) is 13.2. The van der Waals surface area contributed by atoms with Gasteiger partial charge in [0.1, 0.15) is 18.7 Å². The van der Waals surface area contributed by atoms with Gasteiger partial charge in [-0.15, -0.1) is 0 Å². The summed E-state index contributed by atoms with van der Waals surface area (Å²) in [5.74, 6) is -1.93. The molecule has 11 heteroatoms. The average Bonchev–Trinajstić information content (AvgIpc) is 2.82. The highest BCUT2D eigenvalue weighted by Gasteiger charge is 2.28. The van der Waals surface area contributed by atoms with Crippen molar-refractivity contribution in [3.05, 3.63) is 29.8 Å². The number of anilines is 1. The molecule has 0 aliphatic heterocycles. The number of esters is 1. The van der Waals surface area contributed by atoms with Crippen LogP contribution in [0.1, 0.15) is 59.4 Å². The fourth-order valence-electron chi connectivity index (χ4n) is 3.18. The van der Waals surface area contributed by atoms with Gasteiger partial charge in [-0.3, -0.25) is 19.2 Å². The van der Waals surface area contributed by atoms with Crippen LogP contribution in [0.5, 0.6) is 0 Å². The summed E-state index contributed by atoms with van der Waals surface area (Å²) in [6, 6.07) is 4.40. The van der Waals surface area contributed by atoms with E-state index in [4.69, 9.17) is 10.5 Å². The van der Waals surface area contributed by atoms with Crippen LogP contribution in [0, 0.1) is 11.8 Å². The van der Waals surface area contributed by atoms with Gasteiger partial charge in [0.25, 0.3) is 0 Å². The van der Waals surface area contributed by atoms with Gasteiger partial charge in [0.2, 0.25) is 17.7 Å². The zero-order valence-corrected chi connectivity index (χ0v) is 21.7. The summed E-state index contributed by atoms with van der Waals surface area (Å²) < 4.78 is 5.28. The second-order valence-electron chi connectivity index (χ2n) is 9.02. The summed E-state index contributed by atoms with van der Waals surface area (Å²) in [5.41, 5.74) is 6.34. The van der Waals surface area contributed by atoms with Crippen molar-refractivity contribution < 1.29 is 28.7 Å². The molecule has 0 saturated carbocycles. The number of urea groups is 1. The minimum Gasteiger partial charge on any atom is -0.461 e. The van der Waals surface area contributed by atoms with Crippen LogP contribution < -0.4 is 27.0 Å². The zero-order valence-electron chi connectivity index (χ0n) is 21.7. The highest BCUT2D eigenvalue weighted by atomic mass is 16.5. The molecule has 0 bridgehead atoms. The number of primary amides is 1. The fourth-order valence-corrected chi connectivity index (χ4v) is 3.18. The van der Waals surface area contributed by atoms with Gasteiger partial charge in [-0.05, 0) is 42.9 Å². The van der Waals surface area contributed by atoms with E-state index >= 15 is 0 Å². The number of rotatable bonds is 14. The van der Waals surface area contributed by atoms with Crippen molar-refractivity contribution in [1.82, 2.24) is 16.0 Å². The number of carbonyl (C=O) groups excluding carboxylic acids is 5. The van der Waals surface area contributed by atoms with Gasteiger partial charge in [-0.25, -0.2) is 4.79 Å². The molecule has 36 heavy (non-hydrogen) atoms. The van der Waals surface area contributed by atoms with E-state index in [1.807, 2.05) is 6.92 Å². The molecule has 200 valence electrons. The van der Waals surface area contributed by atoms with E-state index in [0.29, 0.717) is 18.5 Å². The molecule has 0 spiro atoms. The Morgan fingerprint density at radius 1 is 0.972 bits per heavy atom. The number of ether oxygens (including phenoxy) is 1. The first-order valence-corrected chi connectivity index (χ1v) is 12.1. The lowest BCUT2D eigenvalue weighted by molar-refractivity contribution is -0.149. The quantitative estimate of drug-likeness (QED) is 0.191. The monoisotopic (exact) mass is 505 g/mol. The van der Waals surface area contributed by atoms with Gasteiger partial charge in [-0.1, -0.05) is 39.8 Å². The number of amides is 5. The van der Waals surface area contributed by atoms with E-state index < -0.39 is 29.9 Å². The van der Waals surface area contributed by atoms with Crippen LogP contribution in [0.15, 0.2) is 24.3 Å². The molecular weight excluding hydrogens is 466 g/mol. The van der Waals surface area contributed by atoms with Crippen LogP contribution in [0.2, 0.25) is 0 Å². The third-order valence-corrected chi connectivity index (χ3v) is 5.53. The molecule has 0 fully saturated rings. The summed E-state index contributed by atoms with van der Waals surface area (Å²) in [5, 5.41) is 10.5. The van der Waals surface area contributed by atoms with E-state index in [0.717, 1.165) is 5.56 Å². The molecule has 3 atom stereocenters. The molecule has 5 amide bonds. The lowest BCUT2D eigenvalue weighted by Crippen LogP contribution is -2.54. The minimum absolute atomic E-state index is 0.128. The second-order valence-corrected chi connectivity index (χ2v) is 9.02. The standard InChI is InChI=1S/C25H39N5O6/c1-6-16(4)24(34)36-14-18-9-11-19(12-10-18)29-22(32)20(8-7-13-27-25(26)35)30-23(33)21(15(2)3)28-17(5)31/h9-12,15-16,20-21H,6-8,13-14H2,1-5H3,(H,28,31)(H,29,32)(H,30,33)(H3,26,27,35)/t16?,20-,21-/m0/s1. The summed E-state index contributed by atoms with van der Waals surface area (Å²) in [6.07, 6.45) is 1.31. The molecule has 1 aromatic rings. The van der Waals surface area contributed by atoms with Gasteiger partial charge in [0.05, 0.1) is 5.92 Å². The Balaban J connectivity index is 2.85. The fraction of sp³-hybridized carbons (Fsp3) is 0.560. The number of hydrogen-bond acceptors (Lipinski definition) is 6. The van der Waals surface area contributed by atoms with Crippen molar-refractivity contribution in [2.24, 2.45) is 17.6 Å². The van der Waals surface area contributed by atoms with Crippen LogP contribution in [0.25, 0.3) is 0 Å². The third kappa shape index (κ3) is 11.2. The largest absolute Gasteiger partial charge is 0.461 e. The Morgan fingerprint density at radius 2 is 1.61 bits per heavy atom. The van der Waals surface area contributed by atoms with Crippen molar-refractivity contribution >= 4 is 35.4 Å². The number of benzene rings is 1. The predicted octanol–water partition coefficient (Wildman–Crippen LogP) is 1.81. The van der Waals surface area contributed by atoms with E-state index in [1.54, 1.807) is 45.0 Å². The van der Waals surface area contributed by atoms with Gasteiger partial charge < -0.3 is 31.7 Å². The Bertz CT molecular complexity index is 903. The maximum atomic E-state index is 13.0. The molecule has 1 unspecified atom stereocenters.